The highest BCUT2D eigenvalue weighted by Crippen LogP contribution is 2.30. The van der Waals surface area contributed by atoms with Gasteiger partial charge in [0.15, 0.2) is 0 Å². The zero-order chi connectivity index (χ0) is 11.1. The SMILES string of the molecule is CCCNC(C(C)CC)C1CSCCS1. The van der Waals surface area contributed by atoms with Crippen LogP contribution in [0.4, 0.5) is 0 Å². The smallest absolute Gasteiger partial charge is 0.0294 e. The van der Waals surface area contributed by atoms with E-state index < -0.39 is 0 Å². The molecule has 1 fully saturated rings. The van der Waals surface area contributed by atoms with E-state index >= 15 is 0 Å². The minimum absolute atomic E-state index is 0.729. The lowest BCUT2D eigenvalue weighted by Crippen LogP contribution is -2.45. The second-order valence-electron chi connectivity index (χ2n) is 4.35. The Balaban J connectivity index is 2.45. The summed E-state index contributed by atoms with van der Waals surface area (Å²) < 4.78 is 0. The summed E-state index contributed by atoms with van der Waals surface area (Å²) in [5.41, 5.74) is 0. The predicted molar refractivity (Wildman–Crippen MR) is 75.1 cm³/mol. The van der Waals surface area contributed by atoms with E-state index in [-0.39, 0.29) is 0 Å². The van der Waals surface area contributed by atoms with E-state index in [4.69, 9.17) is 0 Å². The highest BCUT2D eigenvalue weighted by atomic mass is 32.2. The molecule has 1 rings (SSSR count). The second-order valence-corrected chi connectivity index (χ2v) is 6.85. The molecule has 0 spiro atoms. The molecule has 3 atom stereocenters. The number of hydrogen-bond donors (Lipinski definition) is 1. The highest BCUT2D eigenvalue weighted by Gasteiger charge is 2.27. The van der Waals surface area contributed by atoms with Crippen molar-refractivity contribution in [3.63, 3.8) is 0 Å². The van der Waals surface area contributed by atoms with Crippen molar-refractivity contribution in [2.75, 3.05) is 23.8 Å². The summed E-state index contributed by atoms with van der Waals surface area (Å²) in [7, 11) is 0. The van der Waals surface area contributed by atoms with Gasteiger partial charge in [-0.1, -0.05) is 27.2 Å². The van der Waals surface area contributed by atoms with Crippen LogP contribution >= 0.6 is 23.5 Å². The summed E-state index contributed by atoms with van der Waals surface area (Å²) in [6.45, 7) is 8.14. The van der Waals surface area contributed by atoms with Crippen LogP contribution < -0.4 is 5.32 Å². The molecular formula is C12H25NS2. The van der Waals surface area contributed by atoms with Crippen LogP contribution in [0, 0.1) is 5.92 Å². The lowest BCUT2D eigenvalue weighted by Gasteiger charge is -2.34. The summed E-state index contributed by atoms with van der Waals surface area (Å²) in [5.74, 6) is 4.85. The van der Waals surface area contributed by atoms with E-state index in [0.717, 1.165) is 17.2 Å². The number of rotatable bonds is 6. The van der Waals surface area contributed by atoms with Gasteiger partial charge in [0.1, 0.15) is 0 Å². The van der Waals surface area contributed by atoms with Gasteiger partial charge in [-0.3, -0.25) is 0 Å². The molecule has 0 saturated carbocycles. The van der Waals surface area contributed by atoms with Crippen LogP contribution in [0.1, 0.15) is 33.6 Å². The Morgan fingerprint density at radius 1 is 1.33 bits per heavy atom. The third kappa shape index (κ3) is 4.58. The lowest BCUT2D eigenvalue weighted by molar-refractivity contribution is 0.366. The lowest BCUT2D eigenvalue weighted by atomic mass is 9.96. The molecule has 0 radical (unpaired) electrons. The maximum Gasteiger partial charge on any atom is 0.0294 e. The molecule has 15 heavy (non-hydrogen) atoms. The zero-order valence-corrected chi connectivity index (χ0v) is 11.9. The first-order chi connectivity index (χ1) is 7.29. The van der Waals surface area contributed by atoms with E-state index in [1.54, 1.807) is 0 Å². The molecule has 1 N–H and O–H groups in total. The molecule has 0 aliphatic carbocycles. The fourth-order valence-corrected chi connectivity index (χ4v) is 4.99. The normalized spacial score (nSPS) is 26.2. The molecule has 1 aliphatic heterocycles. The quantitative estimate of drug-likeness (QED) is 0.774. The van der Waals surface area contributed by atoms with Crippen LogP contribution in [0.3, 0.4) is 0 Å². The Kier molecular flexibility index (Phi) is 7.19. The van der Waals surface area contributed by atoms with Crippen LogP contribution in [0.25, 0.3) is 0 Å². The van der Waals surface area contributed by atoms with Crippen LogP contribution in [0.2, 0.25) is 0 Å². The molecule has 0 aromatic heterocycles. The van der Waals surface area contributed by atoms with E-state index in [9.17, 15) is 0 Å². The minimum atomic E-state index is 0.729. The third-order valence-electron chi connectivity index (χ3n) is 3.13. The standard InChI is InChI=1S/C12H25NS2/c1-4-6-13-12(10(3)5-2)11-9-14-7-8-15-11/h10-13H,4-9H2,1-3H3. The van der Waals surface area contributed by atoms with Gasteiger partial charge in [-0.25, -0.2) is 0 Å². The zero-order valence-electron chi connectivity index (χ0n) is 10.3. The predicted octanol–water partition coefficient (Wildman–Crippen LogP) is 3.25. The van der Waals surface area contributed by atoms with Gasteiger partial charge in [0.2, 0.25) is 0 Å². The molecule has 0 aromatic rings. The Bertz CT molecular complexity index is 158. The molecule has 0 amide bonds. The van der Waals surface area contributed by atoms with Gasteiger partial charge < -0.3 is 5.32 Å². The van der Waals surface area contributed by atoms with Crippen molar-refractivity contribution in [2.45, 2.75) is 44.9 Å². The molecular weight excluding hydrogens is 222 g/mol. The van der Waals surface area contributed by atoms with Crippen molar-refractivity contribution in [2.24, 2.45) is 5.92 Å². The molecule has 0 aromatic carbocycles. The van der Waals surface area contributed by atoms with Crippen LogP contribution in [0.15, 0.2) is 0 Å². The molecule has 90 valence electrons. The van der Waals surface area contributed by atoms with Crippen molar-refractivity contribution in [1.29, 1.82) is 0 Å². The van der Waals surface area contributed by atoms with Crippen LogP contribution in [-0.2, 0) is 0 Å². The van der Waals surface area contributed by atoms with Crippen molar-refractivity contribution in [1.82, 2.24) is 5.32 Å². The molecule has 1 heterocycles. The highest BCUT2D eigenvalue weighted by molar-refractivity contribution is 8.06. The van der Waals surface area contributed by atoms with E-state index in [1.807, 2.05) is 0 Å². The Morgan fingerprint density at radius 2 is 2.13 bits per heavy atom. The molecule has 3 unspecified atom stereocenters. The number of nitrogens with one attached hydrogen (secondary N) is 1. The molecule has 0 bridgehead atoms. The molecule has 1 nitrogen and oxygen atoms in total. The summed E-state index contributed by atoms with van der Waals surface area (Å²) in [6, 6.07) is 0.729. The Morgan fingerprint density at radius 3 is 2.67 bits per heavy atom. The number of hydrogen-bond acceptors (Lipinski definition) is 3. The summed E-state index contributed by atoms with van der Waals surface area (Å²) in [6.07, 6.45) is 2.54. The second kappa shape index (κ2) is 7.86. The van der Waals surface area contributed by atoms with Gasteiger partial charge in [-0.2, -0.15) is 23.5 Å². The van der Waals surface area contributed by atoms with E-state index in [1.165, 1.54) is 36.6 Å². The summed E-state index contributed by atoms with van der Waals surface area (Å²) in [5, 5.41) is 4.59. The minimum Gasteiger partial charge on any atom is -0.313 e. The Hall–Kier alpha value is 0.660. The first kappa shape index (κ1) is 13.7. The van der Waals surface area contributed by atoms with Crippen molar-refractivity contribution in [3.05, 3.63) is 0 Å². The van der Waals surface area contributed by atoms with E-state index in [0.29, 0.717) is 0 Å². The summed E-state index contributed by atoms with van der Waals surface area (Å²) >= 11 is 4.31. The van der Waals surface area contributed by atoms with Gasteiger partial charge in [0.25, 0.3) is 0 Å². The first-order valence-corrected chi connectivity index (χ1v) is 8.42. The van der Waals surface area contributed by atoms with Gasteiger partial charge in [0, 0.05) is 28.6 Å². The molecule has 1 aliphatic rings. The average molecular weight is 247 g/mol. The third-order valence-corrected chi connectivity index (χ3v) is 6.01. The van der Waals surface area contributed by atoms with Gasteiger partial charge in [0.05, 0.1) is 0 Å². The molecule has 1 saturated heterocycles. The Labute approximate surface area is 104 Å². The van der Waals surface area contributed by atoms with Gasteiger partial charge in [-0.05, 0) is 18.9 Å². The van der Waals surface area contributed by atoms with Crippen molar-refractivity contribution >= 4 is 23.5 Å². The first-order valence-electron chi connectivity index (χ1n) is 6.22. The average Bonchev–Trinajstić information content (AvgIpc) is 2.30. The van der Waals surface area contributed by atoms with Gasteiger partial charge in [-0.15, -0.1) is 0 Å². The van der Waals surface area contributed by atoms with Gasteiger partial charge >= 0.3 is 0 Å². The van der Waals surface area contributed by atoms with Crippen molar-refractivity contribution in [3.8, 4) is 0 Å². The molecule has 3 heteroatoms. The van der Waals surface area contributed by atoms with Crippen molar-refractivity contribution < 1.29 is 0 Å². The monoisotopic (exact) mass is 247 g/mol. The van der Waals surface area contributed by atoms with Crippen LogP contribution in [-0.4, -0.2) is 35.1 Å². The van der Waals surface area contributed by atoms with Crippen LogP contribution in [0.5, 0.6) is 0 Å². The largest absolute Gasteiger partial charge is 0.313 e. The summed E-state index contributed by atoms with van der Waals surface area (Å²) in [4.78, 5) is 0. The maximum atomic E-state index is 3.76. The fourth-order valence-electron chi connectivity index (χ4n) is 1.98. The topological polar surface area (TPSA) is 12.0 Å². The van der Waals surface area contributed by atoms with E-state index in [2.05, 4.69) is 49.6 Å². The fraction of sp³-hybridized carbons (Fsp3) is 1.00. The number of thioether (sulfide) groups is 2. The maximum absolute atomic E-state index is 3.76.